The molecule has 1 aliphatic rings. The molecule has 5 heteroatoms. The summed E-state index contributed by atoms with van der Waals surface area (Å²) in [6.45, 7) is 3.78. The van der Waals surface area contributed by atoms with Gasteiger partial charge in [0.05, 0.1) is 11.1 Å². The molecule has 2 heterocycles. The van der Waals surface area contributed by atoms with Crippen LogP contribution < -0.4 is 4.90 Å². The lowest BCUT2D eigenvalue weighted by Crippen LogP contribution is -2.42. The highest BCUT2D eigenvalue weighted by Crippen LogP contribution is 2.27. The average molecular weight is 283 g/mol. The molecule has 0 bridgehead atoms. The van der Waals surface area contributed by atoms with Gasteiger partial charge in [0, 0.05) is 25.3 Å². The van der Waals surface area contributed by atoms with E-state index in [-0.39, 0.29) is 0 Å². The van der Waals surface area contributed by atoms with E-state index in [4.69, 9.17) is 5.26 Å². The van der Waals surface area contributed by atoms with E-state index in [0.29, 0.717) is 23.6 Å². The summed E-state index contributed by atoms with van der Waals surface area (Å²) in [5.41, 5.74) is 1.90. The molecular weight excluding hydrogens is 262 g/mol. The minimum atomic E-state index is 0.515. The Morgan fingerprint density at radius 1 is 1.29 bits per heavy atom. The van der Waals surface area contributed by atoms with Crippen molar-refractivity contribution in [3.63, 3.8) is 0 Å². The number of rotatable bonds is 3. The fraction of sp³-hybridized carbons (Fsp3) is 0.562. The molecule has 0 spiro atoms. The number of pyridine rings is 1. The Labute approximate surface area is 126 Å². The van der Waals surface area contributed by atoms with Crippen LogP contribution in [0.5, 0.6) is 0 Å². The van der Waals surface area contributed by atoms with Crippen LogP contribution in [0.3, 0.4) is 0 Å². The fourth-order valence-electron chi connectivity index (χ4n) is 2.95. The quantitative estimate of drug-likeness (QED) is 0.847. The van der Waals surface area contributed by atoms with Gasteiger partial charge in [0.2, 0.25) is 0 Å². The largest absolute Gasteiger partial charge is 0.355 e. The first-order valence-electron chi connectivity index (χ1n) is 7.35. The molecule has 1 saturated heterocycles. The highest BCUT2D eigenvalue weighted by atomic mass is 15.2. The first-order chi connectivity index (χ1) is 10.1. The van der Waals surface area contributed by atoms with Crippen molar-refractivity contribution in [3.05, 3.63) is 22.9 Å². The Morgan fingerprint density at radius 2 is 1.95 bits per heavy atom. The molecule has 0 unspecified atom stereocenters. The van der Waals surface area contributed by atoms with E-state index in [1.807, 2.05) is 6.92 Å². The molecule has 1 aromatic rings. The SMILES string of the molecule is CCc1c(C#N)cnc(N2CCC(N(C)C)CC2)c1C#N. The van der Waals surface area contributed by atoms with Gasteiger partial charge in [0.25, 0.3) is 0 Å². The molecular formula is C16H21N5. The van der Waals surface area contributed by atoms with Crippen molar-refractivity contribution in [1.82, 2.24) is 9.88 Å². The monoisotopic (exact) mass is 283 g/mol. The summed E-state index contributed by atoms with van der Waals surface area (Å²) in [6.07, 6.45) is 4.42. The molecule has 0 atom stereocenters. The minimum Gasteiger partial charge on any atom is -0.355 e. The molecule has 1 aromatic heterocycles. The molecule has 0 aromatic carbocycles. The number of piperidine rings is 1. The summed E-state index contributed by atoms with van der Waals surface area (Å²) >= 11 is 0. The predicted molar refractivity (Wildman–Crippen MR) is 82.0 cm³/mol. The maximum atomic E-state index is 9.49. The van der Waals surface area contributed by atoms with Crippen molar-refractivity contribution in [2.45, 2.75) is 32.2 Å². The molecule has 0 saturated carbocycles. The standard InChI is InChI=1S/C16H21N5/c1-4-14-12(9-17)11-19-16(15(14)10-18)21-7-5-13(6-8-21)20(2)3/h11,13H,4-8H2,1-3H3. The summed E-state index contributed by atoms with van der Waals surface area (Å²) in [5.74, 6) is 0.741. The van der Waals surface area contributed by atoms with Crippen LogP contribution in [0.25, 0.3) is 0 Å². The third kappa shape index (κ3) is 2.99. The Hall–Kier alpha value is -2.11. The van der Waals surface area contributed by atoms with Crippen LogP contribution in [0.1, 0.15) is 36.5 Å². The first kappa shape index (κ1) is 15.3. The molecule has 21 heavy (non-hydrogen) atoms. The zero-order chi connectivity index (χ0) is 15.4. The van der Waals surface area contributed by atoms with Gasteiger partial charge in [-0.3, -0.25) is 0 Å². The summed E-state index contributed by atoms with van der Waals surface area (Å²) in [7, 11) is 4.21. The second-order valence-corrected chi connectivity index (χ2v) is 5.61. The van der Waals surface area contributed by atoms with E-state index in [2.05, 4.69) is 41.0 Å². The Morgan fingerprint density at radius 3 is 2.43 bits per heavy atom. The van der Waals surface area contributed by atoms with Gasteiger partial charge in [-0.15, -0.1) is 0 Å². The van der Waals surface area contributed by atoms with Crippen molar-refractivity contribution in [3.8, 4) is 12.1 Å². The van der Waals surface area contributed by atoms with Gasteiger partial charge in [0.1, 0.15) is 18.0 Å². The van der Waals surface area contributed by atoms with E-state index in [9.17, 15) is 5.26 Å². The van der Waals surface area contributed by atoms with Crippen LogP contribution in [0, 0.1) is 22.7 Å². The van der Waals surface area contributed by atoms with Crippen molar-refractivity contribution < 1.29 is 0 Å². The van der Waals surface area contributed by atoms with E-state index in [1.54, 1.807) is 6.20 Å². The van der Waals surface area contributed by atoms with Crippen LogP contribution >= 0.6 is 0 Å². The number of nitrogens with zero attached hydrogens (tertiary/aromatic N) is 5. The molecule has 1 aliphatic heterocycles. The molecule has 0 radical (unpaired) electrons. The Balaban J connectivity index is 2.30. The van der Waals surface area contributed by atoms with Crippen LogP contribution in [0.2, 0.25) is 0 Å². The van der Waals surface area contributed by atoms with E-state index in [0.717, 1.165) is 37.3 Å². The molecule has 0 amide bonds. The van der Waals surface area contributed by atoms with Gasteiger partial charge in [-0.25, -0.2) is 4.98 Å². The van der Waals surface area contributed by atoms with Crippen molar-refractivity contribution in [1.29, 1.82) is 10.5 Å². The fourth-order valence-corrected chi connectivity index (χ4v) is 2.95. The lowest BCUT2D eigenvalue weighted by atomic mass is 10.00. The number of anilines is 1. The average Bonchev–Trinajstić information content (AvgIpc) is 2.53. The smallest absolute Gasteiger partial charge is 0.146 e. The van der Waals surface area contributed by atoms with Crippen molar-refractivity contribution in [2.75, 3.05) is 32.1 Å². The molecule has 110 valence electrons. The maximum Gasteiger partial charge on any atom is 0.146 e. The topological polar surface area (TPSA) is 67.0 Å². The van der Waals surface area contributed by atoms with Crippen LogP contribution in [0.15, 0.2) is 6.20 Å². The molecule has 0 N–H and O–H groups in total. The second-order valence-electron chi connectivity index (χ2n) is 5.61. The van der Waals surface area contributed by atoms with Gasteiger partial charge in [-0.2, -0.15) is 10.5 Å². The lowest BCUT2D eigenvalue weighted by Gasteiger charge is -2.36. The number of nitriles is 2. The first-order valence-corrected chi connectivity index (χ1v) is 7.35. The number of hydrogen-bond acceptors (Lipinski definition) is 5. The molecule has 1 fully saturated rings. The summed E-state index contributed by atoms with van der Waals surface area (Å²) in [6, 6.07) is 4.98. The summed E-state index contributed by atoms with van der Waals surface area (Å²) in [4.78, 5) is 8.83. The van der Waals surface area contributed by atoms with E-state index >= 15 is 0 Å². The maximum absolute atomic E-state index is 9.49. The van der Waals surface area contributed by atoms with Gasteiger partial charge >= 0.3 is 0 Å². The number of hydrogen-bond donors (Lipinski definition) is 0. The minimum absolute atomic E-state index is 0.515. The van der Waals surface area contributed by atoms with Crippen LogP contribution in [-0.2, 0) is 6.42 Å². The normalized spacial score (nSPS) is 15.8. The summed E-state index contributed by atoms with van der Waals surface area (Å²) < 4.78 is 0. The van der Waals surface area contributed by atoms with Gasteiger partial charge in [0.15, 0.2) is 0 Å². The van der Waals surface area contributed by atoms with Crippen LogP contribution in [-0.4, -0.2) is 43.1 Å². The lowest BCUT2D eigenvalue weighted by molar-refractivity contribution is 0.249. The zero-order valence-electron chi connectivity index (χ0n) is 12.9. The van der Waals surface area contributed by atoms with Gasteiger partial charge in [-0.1, -0.05) is 6.92 Å². The zero-order valence-corrected chi connectivity index (χ0v) is 12.9. The number of aromatic nitrogens is 1. The molecule has 2 rings (SSSR count). The third-order valence-corrected chi connectivity index (χ3v) is 4.25. The van der Waals surface area contributed by atoms with Crippen molar-refractivity contribution in [2.24, 2.45) is 0 Å². The Bertz CT molecular complexity index is 586. The van der Waals surface area contributed by atoms with Gasteiger partial charge < -0.3 is 9.80 Å². The molecule has 5 nitrogen and oxygen atoms in total. The Kier molecular flexibility index (Phi) is 4.77. The molecule has 0 aliphatic carbocycles. The van der Waals surface area contributed by atoms with Gasteiger partial charge in [-0.05, 0) is 38.9 Å². The highest BCUT2D eigenvalue weighted by Gasteiger charge is 2.24. The third-order valence-electron chi connectivity index (χ3n) is 4.25. The second kappa shape index (κ2) is 6.56. The predicted octanol–water partition coefficient (Wildman–Crippen LogP) is 1.92. The van der Waals surface area contributed by atoms with E-state index < -0.39 is 0 Å². The summed E-state index contributed by atoms with van der Waals surface area (Å²) in [5, 5.41) is 18.6. The van der Waals surface area contributed by atoms with Crippen molar-refractivity contribution >= 4 is 5.82 Å². The highest BCUT2D eigenvalue weighted by molar-refractivity contribution is 5.61. The van der Waals surface area contributed by atoms with E-state index in [1.165, 1.54) is 0 Å². The van der Waals surface area contributed by atoms with Crippen LogP contribution in [0.4, 0.5) is 5.82 Å².